The van der Waals surface area contributed by atoms with Gasteiger partial charge < -0.3 is 25.6 Å². The van der Waals surface area contributed by atoms with Gasteiger partial charge in [0.2, 0.25) is 5.91 Å². The predicted octanol–water partition coefficient (Wildman–Crippen LogP) is 2.03. The molecule has 0 aliphatic heterocycles. The van der Waals surface area contributed by atoms with E-state index in [1.807, 2.05) is 48.5 Å². The number of amides is 2. The van der Waals surface area contributed by atoms with E-state index < -0.39 is 36.7 Å². The van der Waals surface area contributed by atoms with Gasteiger partial charge in [0.1, 0.15) is 12.6 Å². The SMILES string of the molecule is C=CCC(NC(=O)OCC1c2ccccc2-c2ccccc21)C(=O)NCC(O)C(=O)O. The maximum atomic E-state index is 12.4. The molecule has 162 valence electrons. The van der Waals surface area contributed by atoms with Crippen molar-refractivity contribution >= 4 is 18.0 Å². The van der Waals surface area contributed by atoms with E-state index in [0.717, 1.165) is 22.3 Å². The van der Waals surface area contributed by atoms with Crippen LogP contribution in [0.15, 0.2) is 61.2 Å². The fourth-order valence-electron chi connectivity index (χ4n) is 3.59. The highest BCUT2D eigenvalue weighted by Crippen LogP contribution is 2.44. The largest absolute Gasteiger partial charge is 0.479 e. The van der Waals surface area contributed by atoms with Crippen LogP contribution in [0.3, 0.4) is 0 Å². The molecular weight excluding hydrogens is 400 g/mol. The number of benzene rings is 2. The Balaban J connectivity index is 1.61. The monoisotopic (exact) mass is 424 g/mol. The number of carbonyl (C=O) groups is 3. The number of carboxylic acid groups (broad SMARTS) is 1. The van der Waals surface area contributed by atoms with Crippen LogP contribution in [0.4, 0.5) is 4.79 Å². The van der Waals surface area contributed by atoms with Gasteiger partial charge in [-0.2, -0.15) is 0 Å². The predicted molar refractivity (Wildman–Crippen MR) is 113 cm³/mol. The Morgan fingerprint density at radius 2 is 1.65 bits per heavy atom. The van der Waals surface area contributed by atoms with E-state index in [-0.39, 0.29) is 18.9 Å². The third-order valence-electron chi connectivity index (χ3n) is 5.11. The minimum absolute atomic E-state index is 0.0972. The van der Waals surface area contributed by atoms with Gasteiger partial charge in [0.15, 0.2) is 6.10 Å². The van der Waals surface area contributed by atoms with Gasteiger partial charge in [-0.05, 0) is 28.7 Å². The highest BCUT2D eigenvalue weighted by atomic mass is 16.5. The zero-order chi connectivity index (χ0) is 22.4. The molecule has 8 nitrogen and oxygen atoms in total. The number of hydrogen-bond acceptors (Lipinski definition) is 5. The van der Waals surface area contributed by atoms with Crippen LogP contribution in [0.1, 0.15) is 23.5 Å². The minimum atomic E-state index is -1.73. The van der Waals surface area contributed by atoms with E-state index in [2.05, 4.69) is 17.2 Å². The number of aliphatic hydroxyl groups excluding tert-OH is 1. The Bertz CT molecular complexity index is 944. The topological polar surface area (TPSA) is 125 Å². The number of aliphatic hydroxyl groups is 1. The van der Waals surface area contributed by atoms with Gasteiger partial charge in [-0.3, -0.25) is 4.79 Å². The number of aliphatic carboxylic acids is 1. The quantitative estimate of drug-likeness (QED) is 0.457. The van der Waals surface area contributed by atoms with Crippen molar-refractivity contribution in [2.24, 2.45) is 0 Å². The van der Waals surface area contributed by atoms with Gasteiger partial charge in [0, 0.05) is 5.92 Å². The molecule has 0 saturated carbocycles. The lowest BCUT2D eigenvalue weighted by Crippen LogP contribution is -2.49. The summed E-state index contributed by atoms with van der Waals surface area (Å²) in [7, 11) is 0. The van der Waals surface area contributed by atoms with Crippen LogP contribution in [0.2, 0.25) is 0 Å². The smallest absolute Gasteiger partial charge is 0.407 e. The summed E-state index contributed by atoms with van der Waals surface area (Å²) in [5.74, 6) is -2.21. The molecule has 4 N–H and O–H groups in total. The first-order chi connectivity index (χ1) is 14.9. The van der Waals surface area contributed by atoms with Crippen molar-refractivity contribution in [3.63, 3.8) is 0 Å². The molecule has 3 rings (SSSR count). The number of carboxylic acids is 1. The molecule has 2 amide bonds. The van der Waals surface area contributed by atoms with Crippen LogP contribution in [0, 0.1) is 0 Å². The Morgan fingerprint density at radius 3 is 2.19 bits per heavy atom. The first kappa shape index (κ1) is 22.0. The molecule has 0 saturated heterocycles. The molecule has 0 heterocycles. The standard InChI is InChI=1S/C23H24N2O6/c1-2-7-19(21(27)24-12-20(26)22(28)29)25-23(30)31-13-18-16-10-5-3-8-14(16)15-9-4-6-11-17(15)18/h2-6,8-11,18-20,26H,1,7,12-13H2,(H,24,27)(H,25,30)(H,28,29). The van der Waals surface area contributed by atoms with Crippen LogP contribution in [-0.2, 0) is 14.3 Å². The number of carbonyl (C=O) groups excluding carboxylic acids is 2. The molecule has 0 aromatic heterocycles. The normalized spacial score (nSPS) is 14.0. The average molecular weight is 424 g/mol. The lowest BCUT2D eigenvalue weighted by atomic mass is 9.98. The van der Waals surface area contributed by atoms with E-state index in [1.165, 1.54) is 6.08 Å². The van der Waals surface area contributed by atoms with Crippen molar-refractivity contribution < 1.29 is 29.3 Å². The summed E-state index contributed by atoms with van der Waals surface area (Å²) < 4.78 is 5.42. The summed E-state index contributed by atoms with van der Waals surface area (Å²) in [5, 5.41) is 22.7. The first-order valence-corrected chi connectivity index (χ1v) is 9.83. The van der Waals surface area contributed by atoms with E-state index in [4.69, 9.17) is 9.84 Å². The first-order valence-electron chi connectivity index (χ1n) is 9.83. The zero-order valence-corrected chi connectivity index (χ0v) is 16.8. The van der Waals surface area contributed by atoms with Crippen molar-refractivity contribution in [3.05, 3.63) is 72.3 Å². The van der Waals surface area contributed by atoms with Crippen molar-refractivity contribution in [2.75, 3.05) is 13.2 Å². The van der Waals surface area contributed by atoms with Crippen molar-refractivity contribution in [2.45, 2.75) is 24.5 Å². The molecule has 1 aliphatic rings. The molecule has 2 aromatic carbocycles. The fraction of sp³-hybridized carbons (Fsp3) is 0.261. The highest BCUT2D eigenvalue weighted by Gasteiger charge is 2.29. The highest BCUT2D eigenvalue weighted by molar-refractivity contribution is 5.86. The second-order valence-corrected chi connectivity index (χ2v) is 7.15. The minimum Gasteiger partial charge on any atom is -0.479 e. The van der Waals surface area contributed by atoms with Crippen LogP contribution >= 0.6 is 0 Å². The second kappa shape index (κ2) is 9.90. The van der Waals surface area contributed by atoms with Crippen LogP contribution < -0.4 is 10.6 Å². The van der Waals surface area contributed by atoms with Crippen LogP contribution in [-0.4, -0.2) is 53.5 Å². The van der Waals surface area contributed by atoms with E-state index in [0.29, 0.717) is 0 Å². The number of alkyl carbamates (subject to hydrolysis) is 1. The number of hydrogen-bond donors (Lipinski definition) is 4. The summed E-state index contributed by atoms with van der Waals surface area (Å²) in [6.07, 6.45) is -0.953. The van der Waals surface area contributed by atoms with Crippen LogP contribution in [0.25, 0.3) is 11.1 Å². The molecule has 0 spiro atoms. The molecule has 0 radical (unpaired) electrons. The number of fused-ring (bicyclic) bond motifs is 3. The summed E-state index contributed by atoms with van der Waals surface area (Å²) >= 11 is 0. The second-order valence-electron chi connectivity index (χ2n) is 7.15. The van der Waals surface area contributed by atoms with Gasteiger partial charge >= 0.3 is 12.1 Å². The summed E-state index contributed by atoms with van der Waals surface area (Å²) in [6, 6.07) is 14.9. The van der Waals surface area contributed by atoms with E-state index >= 15 is 0 Å². The van der Waals surface area contributed by atoms with E-state index in [1.54, 1.807) is 0 Å². The summed E-state index contributed by atoms with van der Waals surface area (Å²) in [4.78, 5) is 35.3. The Kier molecular flexibility index (Phi) is 7.04. The fourth-order valence-corrected chi connectivity index (χ4v) is 3.59. The average Bonchev–Trinajstić information content (AvgIpc) is 3.09. The van der Waals surface area contributed by atoms with Crippen molar-refractivity contribution in [1.82, 2.24) is 10.6 Å². The van der Waals surface area contributed by atoms with Crippen molar-refractivity contribution in [1.29, 1.82) is 0 Å². The van der Waals surface area contributed by atoms with Gasteiger partial charge in [0.05, 0.1) is 6.54 Å². The van der Waals surface area contributed by atoms with E-state index in [9.17, 15) is 19.5 Å². The molecule has 2 aromatic rings. The molecule has 0 fully saturated rings. The molecule has 8 heteroatoms. The molecular formula is C23H24N2O6. The zero-order valence-electron chi connectivity index (χ0n) is 16.8. The third kappa shape index (κ3) is 5.10. The molecule has 0 bridgehead atoms. The summed E-state index contributed by atoms with van der Waals surface area (Å²) in [5.41, 5.74) is 4.35. The Hall–Kier alpha value is -3.65. The lowest BCUT2D eigenvalue weighted by molar-refractivity contribution is -0.146. The van der Waals surface area contributed by atoms with Gasteiger partial charge in [-0.1, -0.05) is 54.6 Å². The van der Waals surface area contributed by atoms with Crippen LogP contribution in [0.5, 0.6) is 0 Å². The van der Waals surface area contributed by atoms with Gasteiger partial charge in [-0.25, -0.2) is 9.59 Å². The maximum Gasteiger partial charge on any atom is 0.407 e. The molecule has 31 heavy (non-hydrogen) atoms. The molecule has 1 aliphatic carbocycles. The van der Waals surface area contributed by atoms with Gasteiger partial charge in [-0.15, -0.1) is 6.58 Å². The van der Waals surface area contributed by atoms with Gasteiger partial charge in [0.25, 0.3) is 0 Å². The Labute approximate surface area is 179 Å². The third-order valence-corrected chi connectivity index (χ3v) is 5.11. The maximum absolute atomic E-state index is 12.4. The Morgan fingerprint density at radius 1 is 1.06 bits per heavy atom. The molecule has 2 unspecified atom stereocenters. The lowest BCUT2D eigenvalue weighted by Gasteiger charge is -2.19. The number of rotatable bonds is 9. The summed E-state index contributed by atoms with van der Waals surface area (Å²) in [6.45, 7) is 3.18. The molecule has 2 atom stereocenters. The van der Waals surface area contributed by atoms with Crippen molar-refractivity contribution in [3.8, 4) is 11.1 Å². The number of ether oxygens (including phenoxy) is 1. The number of nitrogens with one attached hydrogen (secondary N) is 2.